The van der Waals surface area contributed by atoms with Gasteiger partial charge in [-0.2, -0.15) is 0 Å². The molecule has 3 heteroatoms. The summed E-state index contributed by atoms with van der Waals surface area (Å²) in [5.41, 5.74) is 0.752. The van der Waals surface area contributed by atoms with Crippen molar-refractivity contribution < 1.29 is 9.53 Å². The van der Waals surface area contributed by atoms with E-state index in [9.17, 15) is 4.79 Å². The third-order valence-corrected chi connectivity index (χ3v) is 5.08. The van der Waals surface area contributed by atoms with Crippen LogP contribution in [0.5, 0.6) is 5.75 Å². The molecule has 2 atom stereocenters. The van der Waals surface area contributed by atoms with Crippen LogP contribution in [-0.4, -0.2) is 36.9 Å². The molecule has 108 valence electrons. The summed E-state index contributed by atoms with van der Waals surface area (Å²) in [4.78, 5) is 15.3. The molecule has 0 N–H and O–H groups in total. The molecule has 2 fully saturated rings. The van der Waals surface area contributed by atoms with E-state index in [0.717, 1.165) is 18.4 Å². The van der Waals surface area contributed by atoms with Crippen LogP contribution < -0.4 is 4.74 Å². The molecule has 2 aliphatic rings. The first-order valence-electron chi connectivity index (χ1n) is 7.60. The van der Waals surface area contributed by atoms with Gasteiger partial charge in [0.25, 0.3) is 0 Å². The molecule has 0 amide bonds. The van der Waals surface area contributed by atoms with E-state index in [4.69, 9.17) is 4.74 Å². The highest BCUT2D eigenvalue weighted by Crippen LogP contribution is 2.38. The Kier molecular flexibility index (Phi) is 3.79. The number of Topliss-reactive ketones (excluding diaryl/α,β-unsaturated/α-hetero) is 1. The van der Waals surface area contributed by atoms with Crippen LogP contribution in [0.1, 0.15) is 42.5 Å². The highest BCUT2D eigenvalue weighted by atomic mass is 16.5. The Morgan fingerprint density at radius 3 is 2.50 bits per heavy atom. The van der Waals surface area contributed by atoms with Crippen molar-refractivity contribution >= 4 is 5.78 Å². The molecule has 2 unspecified atom stereocenters. The Bertz CT molecular complexity index is 486. The average Bonchev–Trinajstić information content (AvgIpc) is 2.46. The van der Waals surface area contributed by atoms with Crippen LogP contribution in [0, 0.1) is 5.92 Å². The lowest BCUT2D eigenvalue weighted by Crippen LogP contribution is -2.51. The molecule has 0 aromatic heterocycles. The summed E-state index contributed by atoms with van der Waals surface area (Å²) < 4.78 is 5.34. The molecule has 2 heterocycles. The van der Waals surface area contributed by atoms with Crippen molar-refractivity contribution in [2.45, 2.75) is 44.2 Å². The lowest BCUT2D eigenvalue weighted by molar-refractivity contribution is 0.0337. The zero-order chi connectivity index (χ0) is 14.1. The van der Waals surface area contributed by atoms with Gasteiger partial charge in [0, 0.05) is 18.0 Å². The standard InChI is InChI=1S/C17H23NO2/c1-18-13-6-5-7-14(18)11-12(10-13)17(19)15-8-3-4-9-16(15)20-2/h3-4,8-9,12-14H,5-7,10-11H2,1-2H3. The fourth-order valence-electron chi connectivity index (χ4n) is 3.90. The van der Waals surface area contributed by atoms with Crippen LogP contribution in [0.25, 0.3) is 0 Å². The van der Waals surface area contributed by atoms with Gasteiger partial charge < -0.3 is 9.64 Å². The van der Waals surface area contributed by atoms with Gasteiger partial charge in [0.1, 0.15) is 5.75 Å². The first kappa shape index (κ1) is 13.6. The number of nitrogens with zero attached hydrogens (tertiary/aromatic N) is 1. The molecular formula is C17H23NO2. The number of fused-ring (bicyclic) bond motifs is 2. The number of piperidine rings is 2. The normalized spacial score (nSPS) is 30.0. The molecule has 2 aliphatic heterocycles. The minimum atomic E-state index is 0.165. The summed E-state index contributed by atoms with van der Waals surface area (Å²) in [6.07, 6.45) is 5.80. The molecule has 3 rings (SSSR count). The second-order valence-electron chi connectivity index (χ2n) is 6.14. The van der Waals surface area contributed by atoms with Crippen molar-refractivity contribution in [1.82, 2.24) is 4.90 Å². The predicted octanol–water partition coefficient (Wildman–Crippen LogP) is 3.14. The topological polar surface area (TPSA) is 29.5 Å². The molecule has 0 spiro atoms. The molecule has 1 aromatic carbocycles. The smallest absolute Gasteiger partial charge is 0.169 e. The lowest BCUT2D eigenvalue weighted by Gasteiger charge is -2.46. The zero-order valence-corrected chi connectivity index (χ0v) is 12.3. The largest absolute Gasteiger partial charge is 0.496 e. The number of benzene rings is 1. The van der Waals surface area contributed by atoms with Gasteiger partial charge in [-0.05, 0) is 44.9 Å². The van der Waals surface area contributed by atoms with E-state index >= 15 is 0 Å². The molecule has 3 nitrogen and oxygen atoms in total. The van der Waals surface area contributed by atoms with Crippen LogP contribution in [-0.2, 0) is 0 Å². The summed E-state index contributed by atoms with van der Waals surface area (Å²) in [7, 11) is 3.85. The highest BCUT2D eigenvalue weighted by molar-refractivity contribution is 6.00. The van der Waals surface area contributed by atoms with E-state index in [2.05, 4.69) is 11.9 Å². The Hall–Kier alpha value is -1.35. The van der Waals surface area contributed by atoms with Crippen molar-refractivity contribution in [1.29, 1.82) is 0 Å². The van der Waals surface area contributed by atoms with Gasteiger partial charge in [-0.25, -0.2) is 0 Å². The fraction of sp³-hybridized carbons (Fsp3) is 0.588. The van der Waals surface area contributed by atoms with Gasteiger partial charge in [-0.3, -0.25) is 4.79 Å². The minimum Gasteiger partial charge on any atom is -0.496 e. The maximum atomic E-state index is 12.8. The van der Waals surface area contributed by atoms with Crippen LogP contribution in [0.4, 0.5) is 0 Å². The number of rotatable bonds is 3. The van der Waals surface area contributed by atoms with E-state index in [0.29, 0.717) is 17.8 Å². The van der Waals surface area contributed by atoms with E-state index < -0.39 is 0 Å². The Balaban J connectivity index is 1.81. The van der Waals surface area contributed by atoms with Gasteiger partial charge in [0.15, 0.2) is 5.78 Å². The third-order valence-electron chi connectivity index (χ3n) is 5.08. The summed E-state index contributed by atoms with van der Waals surface area (Å²) in [6.45, 7) is 0. The monoisotopic (exact) mass is 273 g/mol. The van der Waals surface area contributed by atoms with E-state index in [1.54, 1.807) is 7.11 Å². The maximum Gasteiger partial charge on any atom is 0.169 e. The Morgan fingerprint density at radius 1 is 1.20 bits per heavy atom. The second-order valence-corrected chi connectivity index (χ2v) is 6.14. The first-order valence-corrected chi connectivity index (χ1v) is 7.60. The van der Waals surface area contributed by atoms with Crippen molar-refractivity contribution in [2.24, 2.45) is 5.92 Å². The number of carbonyl (C=O) groups is 1. The van der Waals surface area contributed by atoms with Crippen LogP contribution >= 0.6 is 0 Å². The number of para-hydroxylation sites is 1. The summed E-state index contributed by atoms with van der Waals surface area (Å²) in [6, 6.07) is 8.79. The van der Waals surface area contributed by atoms with Crippen molar-refractivity contribution in [3.05, 3.63) is 29.8 Å². The molecular weight excluding hydrogens is 250 g/mol. The molecule has 2 saturated heterocycles. The number of hydrogen-bond donors (Lipinski definition) is 0. The molecule has 2 bridgehead atoms. The van der Waals surface area contributed by atoms with Gasteiger partial charge in [-0.15, -0.1) is 0 Å². The zero-order valence-electron chi connectivity index (χ0n) is 12.3. The fourth-order valence-corrected chi connectivity index (χ4v) is 3.90. The van der Waals surface area contributed by atoms with Crippen molar-refractivity contribution in [3.8, 4) is 5.75 Å². The molecule has 20 heavy (non-hydrogen) atoms. The molecule has 0 radical (unpaired) electrons. The van der Waals surface area contributed by atoms with Gasteiger partial charge in [0.2, 0.25) is 0 Å². The van der Waals surface area contributed by atoms with E-state index in [1.165, 1.54) is 19.3 Å². The minimum absolute atomic E-state index is 0.165. The SMILES string of the molecule is COc1ccccc1C(=O)C1CC2CCCC(C1)N2C. The number of ketones is 1. The maximum absolute atomic E-state index is 12.8. The van der Waals surface area contributed by atoms with Crippen LogP contribution in [0.2, 0.25) is 0 Å². The lowest BCUT2D eigenvalue weighted by atomic mass is 9.76. The molecule has 0 saturated carbocycles. The quantitative estimate of drug-likeness (QED) is 0.792. The van der Waals surface area contributed by atoms with Crippen LogP contribution in [0.3, 0.4) is 0 Å². The third kappa shape index (κ3) is 2.35. The van der Waals surface area contributed by atoms with Crippen LogP contribution in [0.15, 0.2) is 24.3 Å². The predicted molar refractivity (Wildman–Crippen MR) is 79.2 cm³/mol. The second kappa shape index (κ2) is 5.57. The number of carbonyl (C=O) groups excluding carboxylic acids is 1. The van der Waals surface area contributed by atoms with Gasteiger partial charge in [-0.1, -0.05) is 18.6 Å². The van der Waals surface area contributed by atoms with Gasteiger partial charge >= 0.3 is 0 Å². The van der Waals surface area contributed by atoms with E-state index in [1.807, 2.05) is 24.3 Å². The van der Waals surface area contributed by atoms with E-state index in [-0.39, 0.29) is 11.7 Å². The highest BCUT2D eigenvalue weighted by Gasteiger charge is 2.39. The number of hydrogen-bond acceptors (Lipinski definition) is 3. The molecule has 1 aromatic rings. The Labute approximate surface area is 120 Å². The number of ether oxygens (including phenoxy) is 1. The molecule has 0 aliphatic carbocycles. The van der Waals surface area contributed by atoms with Crippen molar-refractivity contribution in [2.75, 3.05) is 14.2 Å². The average molecular weight is 273 g/mol. The summed E-state index contributed by atoms with van der Waals surface area (Å²) >= 11 is 0. The summed E-state index contributed by atoms with van der Waals surface area (Å²) in [5, 5.41) is 0. The van der Waals surface area contributed by atoms with Crippen molar-refractivity contribution in [3.63, 3.8) is 0 Å². The first-order chi connectivity index (χ1) is 9.70. The summed E-state index contributed by atoms with van der Waals surface area (Å²) in [5.74, 6) is 1.15. The number of methoxy groups -OCH3 is 1. The van der Waals surface area contributed by atoms with Gasteiger partial charge in [0.05, 0.1) is 12.7 Å². The Morgan fingerprint density at radius 2 is 1.85 bits per heavy atom.